The quantitative estimate of drug-likeness (QED) is 0.0206. The number of esters is 1. The van der Waals surface area contributed by atoms with Crippen LogP contribution in [0.3, 0.4) is 0 Å². The Hall–Kier alpha value is -2.29. The first kappa shape index (κ1) is 60.7. The van der Waals surface area contributed by atoms with E-state index in [2.05, 4.69) is 74.7 Å². The number of carbonyl (C=O) groups is 2. The van der Waals surface area contributed by atoms with Gasteiger partial charge in [-0.25, -0.2) is 4.57 Å². The van der Waals surface area contributed by atoms with E-state index < -0.39 is 20.0 Å². The fraction of sp³-hybridized carbons (Fsp3) is 0.774. The Kier molecular flexibility index (Phi) is 42.0. The highest BCUT2D eigenvalue weighted by Crippen LogP contribution is 2.43. The van der Waals surface area contributed by atoms with Crippen LogP contribution >= 0.6 is 7.82 Å². The first-order valence-electron chi connectivity index (χ1n) is 25.6. The number of carbonyl (C=O) groups excluding carboxylic acids is 2. The van der Waals surface area contributed by atoms with Gasteiger partial charge in [0.15, 0.2) is 0 Å². The molecular weight excluding hydrogens is 808 g/mol. The van der Waals surface area contributed by atoms with Gasteiger partial charge in [0.05, 0.1) is 33.8 Å². The minimum Gasteiger partial charge on any atom is -0.456 e. The zero-order valence-electron chi connectivity index (χ0n) is 41.6. The molecule has 0 bridgehead atoms. The molecule has 63 heavy (non-hydrogen) atoms. The van der Waals surface area contributed by atoms with Crippen molar-refractivity contribution in [3.8, 4) is 0 Å². The topological polar surface area (TPSA) is 111 Å². The van der Waals surface area contributed by atoms with E-state index in [4.69, 9.17) is 13.8 Å². The highest BCUT2D eigenvalue weighted by atomic mass is 31.2. The first-order chi connectivity index (χ1) is 30.4. The number of nitrogens with zero attached hydrogens (tertiary/aromatic N) is 1. The average Bonchev–Trinajstić information content (AvgIpc) is 3.23. The van der Waals surface area contributed by atoms with Gasteiger partial charge in [-0.3, -0.25) is 18.6 Å². The summed E-state index contributed by atoms with van der Waals surface area (Å²) in [5.74, 6) is -0.547. The molecule has 1 amide bonds. The maximum absolute atomic E-state index is 13.4. The van der Waals surface area contributed by atoms with Crippen molar-refractivity contribution < 1.29 is 37.3 Å². The molecule has 0 radical (unpaired) electrons. The minimum atomic E-state index is -4.44. The second-order valence-corrected chi connectivity index (χ2v) is 19.8. The van der Waals surface area contributed by atoms with E-state index in [0.717, 1.165) is 109 Å². The van der Waals surface area contributed by atoms with Crippen LogP contribution in [0.15, 0.2) is 60.8 Å². The standard InChI is InChI=1S/C53H97N2O7P/c1-7-10-13-16-19-22-25-27-28-31-34-37-40-43-46-53(57)62-51(44-41-38-35-32-30-26-23-20-17-14-11-8-2)50(49-61-63(58,59)60-48-47-55(4,5)6)54-52(56)45-42-39-36-33-29-24-21-18-15-12-9-3/h10,13,18-19,21-22,27-28,41,44,50-51H,7-9,11-12,14-17,20,23-26,29-40,42-43,45-49H2,1-6H3,(H-,54,56,58,59)/p+1/b13-10+,21-18-,22-19+,28-27+,44-41+. The maximum atomic E-state index is 13.4. The Balaban J connectivity index is 5.50. The Bertz CT molecular complexity index is 1270. The summed E-state index contributed by atoms with van der Waals surface area (Å²) >= 11 is 0. The van der Waals surface area contributed by atoms with E-state index in [9.17, 15) is 19.0 Å². The lowest BCUT2D eigenvalue weighted by atomic mass is 10.0. The van der Waals surface area contributed by atoms with Gasteiger partial charge in [0.25, 0.3) is 0 Å². The van der Waals surface area contributed by atoms with Crippen molar-refractivity contribution in [2.24, 2.45) is 0 Å². The van der Waals surface area contributed by atoms with Crippen LogP contribution in [0.2, 0.25) is 0 Å². The largest absolute Gasteiger partial charge is 0.472 e. The lowest BCUT2D eigenvalue weighted by Crippen LogP contribution is -2.47. The molecule has 0 spiro atoms. The molecule has 2 N–H and O–H groups in total. The van der Waals surface area contributed by atoms with Crippen LogP contribution < -0.4 is 5.32 Å². The van der Waals surface area contributed by atoms with E-state index in [1.54, 1.807) is 0 Å². The van der Waals surface area contributed by atoms with Gasteiger partial charge in [-0.05, 0) is 83.1 Å². The van der Waals surface area contributed by atoms with Gasteiger partial charge in [0, 0.05) is 12.8 Å². The van der Waals surface area contributed by atoms with E-state index in [1.165, 1.54) is 64.2 Å². The van der Waals surface area contributed by atoms with Crippen molar-refractivity contribution in [3.63, 3.8) is 0 Å². The van der Waals surface area contributed by atoms with Crippen molar-refractivity contribution in [3.05, 3.63) is 60.8 Å². The van der Waals surface area contributed by atoms with Crippen molar-refractivity contribution in [1.82, 2.24) is 5.32 Å². The zero-order valence-corrected chi connectivity index (χ0v) is 42.4. The van der Waals surface area contributed by atoms with Crippen molar-refractivity contribution in [1.29, 1.82) is 0 Å². The van der Waals surface area contributed by atoms with Crippen LogP contribution in [0.1, 0.15) is 213 Å². The molecule has 0 aliphatic carbocycles. The van der Waals surface area contributed by atoms with Crippen molar-refractivity contribution in [2.75, 3.05) is 40.9 Å². The molecule has 3 atom stereocenters. The molecule has 9 nitrogen and oxygen atoms in total. The molecule has 10 heteroatoms. The zero-order chi connectivity index (χ0) is 46.5. The summed E-state index contributed by atoms with van der Waals surface area (Å²) < 4.78 is 30.4. The van der Waals surface area contributed by atoms with E-state index in [0.29, 0.717) is 23.9 Å². The molecule has 0 aliphatic rings. The number of quaternary nitrogens is 1. The number of likely N-dealkylation sites (N-methyl/N-ethyl adjacent to an activating group) is 1. The number of nitrogens with one attached hydrogen (secondary N) is 1. The smallest absolute Gasteiger partial charge is 0.456 e. The Morgan fingerprint density at radius 3 is 1.59 bits per heavy atom. The normalized spacial score (nSPS) is 14.5. The van der Waals surface area contributed by atoms with Crippen LogP contribution in [0.5, 0.6) is 0 Å². The molecule has 0 saturated heterocycles. The summed E-state index contributed by atoms with van der Waals surface area (Å²) in [6, 6.07) is -0.859. The molecule has 0 rings (SSSR count). The van der Waals surface area contributed by atoms with Gasteiger partial charge in [-0.2, -0.15) is 0 Å². The minimum absolute atomic E-state index is 0.0332. The van der Waals surface area contributed by atoms with Crippen LogP contribution in [0.25, 0.3) is 0 Å². The highest BCUT2D eigenvalue weighted by molar-refractivity contribution is 7.47. The molecule has 0 fully saturated rings. The van der Waals surface area contributed by atoms with Gasteiger partial charge in [-0.15, -0.1) is 0 Å². The number of phosphoric ester groups is 1. The second-order valence-electron chi connectivity index (χ2n) is 18.3. The number of amides is 1. The van der Waals surface area contributed by atoms with Gasteiger partial charge >= 0.3 is 13.8 Å². The number of rotatable bonds is 45. The molecule has 0 aromatic rings. The predicted octanol–water partition coefficient (Wildman–Crippen LogP) is 14.8. The Morgan fingerprint density at radius 2 is 1.03 bits per heavy atom. The summed E-state index contributed by atoms with van der Waals surface area (Å²) in [6.45, 7) is 6.81. The lowest BCUT2D eigenvalue weighted by Gasteiger charge is -2.27. The number of hydrogen-bond acceptors (Lipinski definition) is 6. The molecule has 0 aromatic carbocycles. The van der Waals surface area contributed by atoms with Crippen LogP contribution in [0.4, 0.5) is 0 Å². The van der Waals surface area contributed by atoms with Gasteiger partial charge in [0.1, 0.15) is 19.3 Å². The second kappa shape index (κ2) is 43.6. The summed E-state index contributed by atoms with van der Waals surface area (Å²) in [6.07, 6.45) is 52.1. The fourth-order valence-electron chi connectivity index (χ4n) is 6.93. The van der Waals surface area contributed by atoms with Crippen LogP contribution in [-0.4, -0.2) is 74.3 Å². The number of unbranched alkanes of at least 4 members (excludes halogenated alkanes) is 21. The molecule has 0 saturated carbocycles. The lowest BCUT2D eigenvalue weighted by molar-refractivity contribution is -0.870. The Morgan fingerprint density at radius 1 is 0.571 bits per heavy atom. The number of phosphoric acid groups is 1. The van der Waals surface area contributed by atoms with Gasteiger partial charge in [0.2, 0.25) is 5.91 Å². The number of allylic oxidation sites excluding steroid dienone is 9. The maximum Gasteiger partial charge on any atom is 0.472 e. The monoisotopic (exact) mass is 906 g/mol. The van der Waals surface area contributed by atoms with Crippen LogP contribution in [-0.2, 0) is 27.9 Å². The average molecular weight is 906 g/mol. The van der Waals surface area contributed by atoms with Gasteiger partial charge < -0.3 is 19.4 Å². The summed E-state index contributed by atoms with van der Waals surface area (Å²) in [5.41, 5.74) is 0. The molecular formula is C53H98N2O7P+. The SMILES string of the molecule is CC/C=C/C/C=C/C/C=C/CCCCCCC(=O)OC(/C=C/CCCCCCCCCCCC)C(COP(=O)(O)OCC[N+](C)(C)C)NC(=O)CCCCCCC/C=C\CCCC. The third kappa shape index (κ3) is 44.7. The van der Waals surface area contributed by atoms with Crippen molar-refractivity contribution >= 4 is 19.7 Å². The van der Waals surface area contributed by atoms with Crippen molar-refractivity contribution in [2.45, 2.75) is 226 Å². The van der Waals surface area contributed by atoms with E-state index in [-0.39, 0.29) is 31.5 Å². The highest BCUT2D eigenvalue weighted by Gasteiger charge is 2.30. The third-order valence-electron chi connectivity index (χ3n) is 10.9. The predicted molar refractivity (Wildman–Crippen MR) is 268 cm³/mol. The fourth-order valence-corrected chi connectivity index (χ4v) is 7.67. The summed E-state index contributed by atoms with van der Waals surface area (Å²) in [7, 11) is 1.47. The summed E-state index contributed by atoms with van der Waals surface area (Å²) in [5, 5.41) is 3.02. The van der Waals surface area contributed by atoms with E-state index >= 15 is 0 Å². The molecule has 0 aromatic heterocycles. The van der Waals surface area contributed by atoms with Crippen LogP contribution in [0, 0.1) is 0 Å². The first-order valence-corrected chi connectivity index (χ1v) is 27.1. The Labute approximate surface area is 388 Å². The molecule has 3 unspecified atom stereocenters. The van der Waals surface area contributed by atoms with E-state index in [1.807, 2.05) is 33.3 Å². The number of hydrogen-bond donors (Lipinski definition) is 2. The third-order valence-corrected chi connectivity index (χ3v) is 11.9. The van der Waals surface area contributed by atoms with Gasteiger partial charge in [-0.1, -0.05) is 178 Å². The summed E-state index contributed by atoms with van der Waals surface area (Å²) in [4.78, 5) is 37.3. The molecule has 0 aliphatic heterocycles. The molecule has 0 heterocycles. The number of ether oxygens (including phenoxy) is 1. The molecule has 366 valence electrons.